The summed E-state index contributed by atoms with van der Waals surface area (Å²) < 4.78 is 0.985. The lowest BCUT2D eigenvalue weighted by molar-refractivity contribution is 0.698. The summed E-state index contributed by atoms with van der Waals surface area (Å²) in [6, 6.07) is 14.1. The number of nitrogens with zero attached hydrogens (tertiary/aromatic N) is 3. The van der Waals surface area contributed by atoms with Gasteiger partial charge >= 0.3 is 0 Å². The Kier molecular flexibility index (Phi) is 6.85. The van der Waals surface area contributed by atoms with Crippen LogP contribution in [0.2, 0.25) is 0 Å². The second kappa shape index (κ2) is 10.1. The number of rotatable bonds is 7. The predicted molar refractivity (Wildman–Crippen MR) is 128 cm³/mol. The van der Waals surface area contributed by atoms with Crippen LogP contribution in [-0.2, 0) is 6.42 Å². The van der Waals surface area contributed by atoms with Crippen molar-refractivity contribution in [3.63, 3.8) is 0 Å². The molecule has 0 spiro atoms. The van der Waals surface area contributed by atoms with E-state index >= 15 is 0 Å². The Bertz CT molecular complexity index is 1190. The minimum atomic E-state index is -0.0355. The van der Waals surface area contributed by atoms with E-state index in [0.717, 1.165) is 33.6 Å². The van der Waals surface area contributed by atoms with Crippen LogP contribution >= 0.6 is 11.3 Å². The molecule has 0 saturated carbocycles. The molecule has 6 nitrogen and oxygen atoms in total. The van der Waals surface area contributed by atoms with Crippen molar-refractivity contribution >= 4 is 27.4 Å². The van der Waals surface area contributed by atoms with Crippen LogP contribution in [0, 0.1) is 11.8 Å². The fraction of sp³-hybridized carbons (Fsp3) is 0.208. The Morgan fingerprint density at radius 1 is 1.10 bits per heavy atom. The predicted octanol–water partition coefficient (Wildman–Crippen LogP) is 3.31. The minimum absolute atomic E-state index is 0.0355. The van der Waals surface area contributed by atoms with Gasteiger partial charge in [0.1, 0.15) is 11.3 Å². The summed E-state index contributed by atoms with van der Waals surface area (Å²) in [6.45, 7) is 1.23. The zero-order valence-corrected chi connectivity index (χ0v) is 18.1. The smallest absolute Gasteiger partial charge is 0.162 e. The van der Waals surface area contributed by atoms with Crippen LogP contribution in [0.3, 0.4) is 0 Å². The first-order chi connectivity index (χ1) is 15.2. The molecular weight excluding hydrogens is 404 g/mol. The maximum Gasteiger partial charge on any atom is 0.162 e. The molecule has 0 aliphatic rings. The highest BCUT2D eigenvalue weighted by Gasteiger charge is 2.15. The van der Waals surface area contributed by atoms with Crippen LogP contribution in [0.1, 0.15) is 11.1 Å². The van der Waals surface area contributed by atoms with Crippen LogP contribution in [0.4, 0.5) is 5.82 Å². The number of thiophene rings is 1. The van der Waals surface area contributed by atoms with Gasteiger partial charge in [0.05, 0.1) is 16.8 Å². The van der Waals surface area contributed by atoms with Gasteiger partial charge in [-0.25, -0.2) is 9.97 Å². The standard InChI is InChI=1S/C24H24N6S/c1-26-11-5-8-19-16-31-22-21(19)29-23(18-9-12-27-13-10-18)30-24(22)28-15-20(25)14-17-6-3-2-4-7-17/h2-4,6-7,9-10,12-13,16,20,26H,11,14-15,25H2,1H3,(H,28,29,30). The molecule has 4 rings (SSSR count). The average molecular weight is 429 g/mol. The van der Waals surface area contributed by atoms with E-state index in [2.05, 4.69) is 39.6 Å². The molecule has 0 saturated heterocycles. The Balaban J connectivity index is 1.64. The Labute approximate surface area is 186 Å². The fourth-order valence-corrected chi connectivity index (χ4v) is 4.10. The number of hydrogen-bond acceptors (Lipinski definition) is 7. The largest absolute Gasteiger partial charge is 0.367 e. The molecule has 1 atom stereocenters. The molecule has 0 aliphatic carbocycles. The summed E-state index contributed by atoms with van der Waals surface area (Å²) in [5, 5.41) is 8.54. The zero-order valence-electron chi connectivity index (χ0n) is 17.3. The van der Waals surface area contributed by atoms with Crippen molar-refractivity contribution in [1.29, 1.82) is 0 Å². The lowest BCUT2D eigenvalue weighted by atomic mass is 10.1. The third-order valence-electron chi connectivity index (χ3n) is 4.71. The van der Waals surface area contributed by atoms with Crippen LogP contribution < -0.4 is 16.4 Å². The van der Waals surface area contributed by atoms with Gasteiger partial charge in [-0.2, -0.15) is 0 Å². The number of benzene rings is 1. The first-order valence-corrected chi connectivity index (χ1v) is 11.0. The molecule has 3 aromatic heterocycles. The maximum atomic E-state index is 6.39. The molecule has 0 bridgehead atoms. The molecule has 0 aliphatic heterocycles. The fourth-order valence-electron chi connectivity index (χ4n) is 3.20. The summed E-state index contributed by atoms with van der Waals surface area (Å²) in [5.41, 5.74) is 10.3. The molecule has 3 heterocycles. The number of aromatic nitrogens is 3. The highest BCUT2D eigenvalue weighted by Crippen LogP contribution is 2.32. The molecule has 156 valence electrons. The summed E-state index contributed by atoms with van der Waals surface area (Å²) >= 11 is 1.59. The molecule has 4 N–H and O–H groups in total. The van der Waals surface area contributed by atoms with Gasteiger partial charge in [-0.05, 0) is 31.2 Å². The van der Waals surface area contributed by atoms with Crippen LogP contribution in [0.15, 0.2) is 60.2 Å². The molecule has 7 heteroatoms. The molecule has 1 aromatic carbocycles. The highest BCUT2D eigenvalue weighted by molar-refractivity contribution is 7.18. The Morgan fingerprint density at radius 2 is 1.90 bits per heavy atom. The first-order valence-electron chi connectivity index (χ1n) is 10.1. The first kappa shape index (κ1) is 20.9. The molecule has 0 amide bonds. The minimum Gasteiger partial charge on any atom is -0.367 e. The van der Waals surface area contributed by atoms with Crippen molar-refractivity contribution in [2.24, 2.45) is 5.73 Å². The van der Waals surface area contributed by atoms with E-state index in [1.54, 1.807) is 23.7 Å². The Morgan fingerprint density at radius 3 is 2.68 bits per heavy atom. The molecule has 1 unspecified atom stereocenters. The van der Waals surface area contributed by atoms with Gasteiger partial charge in [0.2, 0.25) is 0 Å². The third-order valence-corrected chi connectivity index (χ3v) is 5.69. The number of anilines is 1. The lowest BCUT2D eigenvalue weighted by Crippen LogP contribution is -2.31. The number of hydrogen-bond donors (Lipinski definition) is 3. The SMILES string of the molecule is CNCC#Cc1csc2c(NCC(N)Cc3ccccc3)nc(-c3ccncc3)nc12. The number of nitrogens with one attached hydrogen (secondary N) is 2. The van der Waals surface area contributed by atoms with Gasteiger partial charge in [-0.15, -0.1) is 11.3 Å². The molecule has 0 radical (unpaired) electrons. The topological polar surface area (TPSA) is 88.8 Å². The maximum absolute atomic E-state index is 6.39. The van der Waals surface area contributed by atoms with E-state index < -0.39 is 0 Å². The molecule has 0 fully saturated rings. The summed E-state index contributed by atoms with van der Waals surface area (Å²) in [6.07, 6.45) is 4.28. The molecule has 31 heavy (non-hydrogen) atoms. The van der Waals surface area contributed by atoms with Crippen molar-refractivity contribution in [2.45, 2.75) is 12.5 Å². The second-order valence-corrected chi connectivity index (χ2v) is 8.00. The normalized spacial score (nSPS) is 11.7. The van der Waals surface area contributed by atoms with Crippen molar-refractivity contribution in [3.8, 4) is 23.2 Å². The monoisotopic (exact) mass is 428 g/mol. The van der Waals surface area contributed by atoms with E-state index in [1.807, 2.05) is 42.8 Å². The summed E-state index contributed by atoms with van der Waals surface area (Å²) in [4.78, 5) is 13.7. The van der Waals surface area contributed by atoms with Crippen molar-refractivity contribution in [2.75, 3.05) is 25.5 Å². The van der Waals surface area contributed by atoms with E-state index in [4.69, 9.17) is 15.7 Å². The summed E-state index contributed by atoms with van der Waals surface area (Å²) in [7, 11) is 1.88. The lowest BCUT2D eigenvalue weighted by Gasteiger charge is -2.14. The quantitative estimate of drug-likeness (QED) is 0.392. The van der Waals surface area contributed by atoms with Gasteiger partial charge in [0, 0.05) is 35.9 Å². The van der Waals surface area contributed by atoms with Gasteiger partial charge in [0.15, 0.2) is 5.82 Å². The number of pyridine rings is 1. The van der Waals surface area contributed by atoms with Crippen LogP contribution in [0.5, 0.6) is 0 Å². The van der Waals surface area contributed by atoms with Crippen molar-refractivity contribution in [1.82, 2.24) is 20.3 Å². The number of nitrogens with two attached hydrogens (primary N) is 1. The third kappa shape index (κ3) is 5.25. The summed E-state index contributed by atoms with van der Waals surface area (Å²) in [5.74, 6) is 7.76. The second-order valence-electron chi connectivity index (χ2n) is 7.12. The van der Waals surface area contributed by atoms with Crippen molar-refractivity contribution < 1.29 is 0 Å². The van der Waals surface area contributed by atoms with Crippen LogP contribution in [0.25, 0.3) is 21.6 Å². The molecule has 4 aromatic rings. The van der Waals surface area contributed by atoms with E-state index in [9.17, 15) is 0 Å². The van der Waals surface area contributed by atoms with E-state index in [1.165, 1.54) is 5.56 Å². The van der Waals surface area contributed by atoms with Gasteiger partial charge in [-0.1, -0.05) is 42.2 Å². The van der Waals surface area contributed by atoms with Gasteiger partial charge < -0.3 is 16.4 Å². The Hall–Kier alpha value is -3.31. The van der Waals surface area contributed by atoms with E-state index in [-0.39, 0.29) is 6.04 Å². The van der Waals surface area contributed by atoms with Gasteiger partial charge in [-0.3, -0.25) is 4.98 Å². The zero-order chi connectivity index (χ0) is 21.5. The van der Waals surface area contributed by atoms with Crippen LogP contribution in [-0.4, -0.2) is 41.1 Å². The highest BCUT2D eigenvalue weighted by atomic mass is 32.1. The van der Waals surface area contributed by atoms with E-state index in [0.29, 0.717) is 18.9 Å². The number of fused-ring (bicyclic) bond motifs is 1. The van der Waals surface area contributed by atoms with Gasteiger partial charge in [0.25, 0.3) is 0 Å². The molecular formula is C24H24N6S. The average Bonchev–Trinajstić information content (AvgIpc) is 3.22. The van der Waals surface area contributed by atoms with Crippen molar-refractivity contribution in [3.05, 3.63) is 71.4 Å².